The van der Waals surface area contributed by atoms with Crippen molar-refractivity contribution in [1.29, 1.82) is 5.26 Å². The first-order valence-corrected chi connectivity index (χ1v) is 5.88. The molecule has 0 saturated carbocycles. The number of nitrogens with one attached hydrogen (secondary N) is 1. The first-order chi connectivity index (χ1) is 8.58. The fourth-order valence-electron chi connectivity index (χ4n) is 1.59. The van der Waals surface area contributed by atoms with Crippen LogP contribution in [0, 0.1) is 23.2 Å². The van der Waals surface area contributed by atoms with Crippen LogP contribution in [0.4, 0.5) is 0 Å². The molecular weight excluding hydrogens is 228 g/mol. The number of nitrogens with zero attached hydrogens (tertiary/aromatic N) is 1. The van der Waals surface area contributed by atoms with Crippen LogP contribution in [-0.2, 0) is 11.3 Å². The molecule has 0 spiro atoms. The zero-order valence-electron chi connectivity index (χ0n) is 10.9. The van der Waals surface area contributed by atoms with E-state index >= 15 is 0 Å². The lowest BCUT2D eigenvalue weighted by atomic mass is 9.96. The van der Waals surface area contributed by atoms with E-state index in [0.29, 0.717) is 6.54 Å². The summed E-state index contributed by atoms with van der Waals surface area (Å²) in [6, 6.07) is 9.49. The molecule has 0 heterocycles. The molecule has 4 heteroatoms. The van der Waals surface area contributed by atoms with Crippen LogP contribution in [0.1, 0.15) is 19.4 Å². The van der Waals surface area contributed by atoms with E-state index in [1.165, 1.54) is 0 Å². The van der Waals surface area contributed by atoms with Crippen molar-refractivity contribution in [3.63, 3.8) is 0 Å². The highest BCUT2D eigenvalue weighted by molar-refractivity contribution is 5.81. The molecule has 4 nitrogen and oxygen atoms in total. The van der Waals surface area contributed by atoms with Gasteiger partial charge in [0.1, 0.15) is 11.7 Å². The minimum atomic E-state index is -0.601. The van der Waals surface area contributed by atoms with Crippen molar-refractivity contribution in [1.82, 2.24) is 5.32 Å². The van der Waals surface area contributed by atoms with Crippen molar-refractivity contribution in [3.8, 4) is 11.8 Å². The number of rotatable bonds is 5. The Kier molecular flexibility index (Phi) is 5.19. The standard InChI is InChI=1S/C14H18N2O2/c1-10(2)13(8-15)14(17)16-9-11-5-4-6-12(7-11)18-3/h4-7,10,13H,9H2,1-3H3,(H,16,17). The normalized spacial score (nSPS) is 11.7. The van der Waals surface area contributed by atoms with E-state index in [-0.39, 0.29) is 11.8 Å². The predicted molar refractivity (Wildman–Crippen MR) is 68.8 cm³/mol. The minimum absolute atomic E-state index is 0.0142. The van der Waals surface area contributed by atoms with Gasteiger partial charge < -0.3 is 10.1 Å². The summed E-state index contributed by atoms with van der Waals surface area (Å²) in [4.78, 5) is 11.8. The third-order valence-corrected chi connectivity index (χ3v) is 2.69. The maximum atomic E-state index is 11.8. The molecule has 0 bridgehead atoms. The van der Waals surface area contributed by atoms with Gasteiger partial charge in [0.2, 0.25) is 5.91 Å². The molecule has 1 N–H and O–H groups in total. The fourth-order valence-corrected chi connectivity index (χ4v) is 1.59. The highest BCUT2D eigenvalue weighted by Gasteiger charge is 2.20. The number of methoxy groups -OCH3 is 1. The van der Waals surface area contributed by atoms with Crippen molar-refractivity contribution in [2.24, 2.45) is 11.8 Å². The molecule has 1 unspecified atom stereocenters. The highest BCUT2D eigenvalue weighted by Crippen LogP contribution is 2.13. The van der Waals surface area contributed by atoms with Gasteiger partial charge in [0.25, 0.3) is 0 Å². The SMILES string of the molecule is COc1cccc(CNC(=O)C(C#N)C(C)C)c1. The van der Waals surface area contributed by atoms with E-state index in [2.05, 4.69) is 5.32 Å². The van der Waals surface area contributed by atoms with Gasteiger partial charge in [-0.2, -0.15) is 5.26 Å². The molecule has 0 saturated heterocycles. The summed E-state index contributed by atoms with van der Waals surface area (Å²) >= 11 is 0. The Bertz CT molecular complexity index is 449. The molecule has 0 aromatic heterocycles. The second-order valence-electron chi connectivity index (χ2n) is 4.42. The molecule has 0 aliphatic rings. The van der Waals surface area contributed by atoms with Crippen LogP contribution in [0.25, 0.3) is 0 Å². The van der Waals surface area contributed by atoms with Gasteiger partial charge in [-0.25, -0.2) is 0 Å². The van der Waals surface area contributed by atoms with Crippen LogP contribution in [0.15, 0.2) is 24.3 Å². The van der Waals surface area contributed by atoms with E-state index in [1.54, 1.807) is 7.11 Å². The monoisotopic (exact) mass is 246 g/mol. The summed E-state index contributed by atoms with van der Waals surface area (Å²) in [5.74, 6) is -0.0614. The largest absolute Gasteiger partial charge is 0.497 e. The van der Waals surface area contributed by atoms with Crippen molar-refractivity contribution < 1.29 is 9.53 Å². The van der Waals surface area contributed by atoms with Crippen LogP contribution in [-0.4, -0.2) is 13.0 Å². The topological polar surface area (TPSA) is 62.1 Å². The van der Waals surface area contributed by atoms with Crippen molar-refractivity contribution in [2.45, 2.75) is 20.4 Å². The maximum Gasteiger partial charge on any atom is 0.237 e. The Morgan fingerprint density at radius 1 is 1.50 bits per heavy atom. The zero-order chi connectivity index (χ0) is 13.5. The Morgan fingerprint density at radius 2 is 2.22 bits per heavy atom. The summed E-state index contributed by atoms with van der Waals surface area (Å²) < 4.78 is 5.10. The van der Waals surface area contributed by atoms with Gasteiger partial charge in [-0.1, -0.05) is 26.0 Å². The fraction of sp³-hybridized carbons (Fsp3) is 0.429. The lowest BCUT2D eigenvalue weighted by molar-refractivity contribution is -0.124. The molecule has 0 aliphatic carbocycles. The highest BCUT2D eigenvalue weighted by atomic mass is 16.5. The van der Waals surface area contributed by atoms with Crippen LogP contribution < -0.4 is 10.1 Å². The average molecular weight is 246 g/mol. The average Bonchev–Trinajstić information content (AvgIpc) is 2.37. The summed E-state index contributed by atoms with van der Waals surface area (Å²) in [5.41, 5.74) is 0.947. The number of carbonyl (C=O) groups excluding carboxylic acids is 1. The van der Waals surface area contributed by atoms with Crippen molar-refractivity contribution >= 4 is 5.91 Å². The van der Waals surface area contributed by atoms with Gasteiger partial charge in [0.15, 0.2) is 0 Å². The number of carbonyl (C=O) groups is 1. The Morgan fingerprint density at radius 3 is 2.78 bits per heavy atom. The Balaban J connectivity index is 2.59. The Hall–Kier alpha value is -2.02. The van der Waals surface area contributed by atoms with Crippen molar-refractivity contribution in [3.05, 3.63) is 29.8 Å². The van der Waals surface area contributed by atoms with Gasteiger partial charge in [-0.15, -0.1) is 0 Å². The molecule has 1 atom stereocenters. The van der Waals surface area contributed by atoms with E-state index in [1.807, 2.05) is 44.2 Å². The first-order valence-electron chi connectivity index (χ1n) is 5.88. The lowest BCUT2D eigenvalue weighted by Crippen LogP contribution is -2.32. The van der Waals surface area contributed by atoms with Gasteiger partial charge >= 0.3 is 0 Å². The number of amides is 1. The van der Waals surface area contributed by atoms with E-state index in [0.717, 1.165) is 11.3 Å². The van der Waals surface area contributed by atoms with Gasteiger partial charge in [-0.3, -0.25) is 4.79 Å². The third-order valence-electron chi connectivity index (χ3n) is 2.69. The first kappa shape index (κ1) is 14.0. The van der Waals surface area contributed by atoms with E-state index in [9.17, 15) is 4.79 Å². The minimum Gasteiger partial charge on any atom is -0.497 e. The van der Waals surface area contributed by atoms with Gasteiger partial charge in [-0.05, 0) is 23.6 Å². The van der Waals surface area contributed by atoms with Gasteiger partial charge in [0, 0.05) is 6.54 Å². The summed E-state index contributed by atoms with van der Waals surface area (Å²) in [6.07, 6.45) is 0. The quantitative estimate of drug-likeness (QED) is 0.865. The molecule has 0 fully saturated rings. The molecule has 96 valence electrons. The molecule has 0 radical (unpaired) electrons. The maximum absolute atomic E-state index is 11.8. The van der Waals surface area contributed by atoms with Crippen molar-refractivity contribution in [2.75, 3.05) is 7.11 Å². The lowest BCUT2D eigenvalue weighted by Gasteiger charge is -2.13. The molecule has 1 rings (SSSR count). The zero-order valence-corrected chi connectivity index (χ0v) is 10.9. The molecular formula is C14H18N2O2. The van der Waals surface area contributed by atoms with Gasteiger partial charge in [0.05, 0.1) is 13.2 Å². The summed E-state index contributed by atoms with van der Waals surface area (Å²) in [7, 11) is 1.60. The molecule has 1 amide bonds. The molecule has 0 aliphatic heterocycles. The number of benzene rings is 1. The summed E-state index contributed by atoms with van der Waals surface area (Å²) in [5, 5.41) is 11.7. The number of ether oxygens (including phenoxy) is 1. The van der Waals surface area contributed by atoms with Crippen LogP contribution in [0.2, 0.25) is 0 Å². The smallest absolute Gasteiger partial charge is 0.237 e. The molecule has 1 aromatic carbocycles. The van der Waals surface area contributed by atoms with E-state index in [4.69, 9.17) is 10.00 Å². The van der Waals surface area contributed by atoms with Crippen LogP contribution >= 0.6 is 0 Å². The number of hydrogen-bond donors (Lipinski definition) is 1. The third kappa shape index (κ3) is 3.77. The number of hydrogen-bond acceptors (Lipinski definition) is 3. The number of nitriles is 1. The Labute approximate surface area is 108 Å². The second-order valence-corrected chi connectivity index (χ2v) is 4.42. The molecule has 18 heavy (non-hydrogen) atoms. The predicted octanol–water partition coefficient (Wildman–Crippen LogP) is 2.11. The molecule has 1 aromatic rings. The summed E-state index contributed by atoms with van der Waals surface area (Å²) in [6.45, 7) is 4.12. The van der Waals surface area contributed by atoms with Crippen LogP contribution in [0.3, 0.4) is 0 Å². The second kappa shape index (κ2) is 6.65. The van der Waals surface area contributed by atoms with Crippen LogP contribution in [0.5, 0.6) is 5.75 Å². The van der Waals surface area contributed by atoms with E-state index < -0.39 is 5.92 Å².